The zero-order valence-corrected chi connectivity index (χ0v) is 11.6. The highest BCUT2D eigenvalue weighted by atomic mass is 16.7. The van der Waals surface area contributed by atoms with Gasteiger partial charge in [0.25, 0.3) is 0 Å². The summed E-state index contributed by atoms with van der Waals surface area (Å²) >= 11 is 0. The number of esters is 1. The molecule has 1 aromatic rings. The average molecular weight is 277 g/mol. The Hall–Kier alpha value is -1.59. The maximum absolute atomic E-state index is 11.4. The van der Waals surface area contributed by atoms with Gasteiger partial charge in [0, 0.05) is 31.6 Å². The largest absolute Gasteiger partial charge is 0.465 e. The van der Waals surface area contributed by atoms with E-state index in [2.05, 4.69) is 4.90 Å². The van der Waals surface area contributed by atoms with Crippen molar-refractivity contribution in [1.82, 2.24) is 0 Å². The van der Waals surface area contributed by atoms with Crippen LogP contribution in [0.4, 0.5) is 5.69 Å². The summed E-state index contributed by atoms with van der Waals surface area (Å²) in [6.07, 6.45) is 1.76. The first-order valence-corrected chi connectivity index (χ1v) is 6.94. The van der Waals surface area contributed by atoms with Crippen LogP contribution in [0.3, 0.4) is 0 Å². The molecule has 20 heavy (non-hydrogen) atoms. The molecule has 108 valence electrons. The van der Waals surface area contributed by atoms with Gasteiger partial charge in [0.15, 0.2) is 5.79 Å². The number of rotatable bonds is 2. The van der Waals surface area contributed by atoms with Crippen LogP contribution in [0.15, 0.2) is 24.3 Å². The molecule has 2 aliphatic rings. The normalized spacial score (nSPS) is 21.1. The lowest BCUT2D eigenvalue weighted by molar-refractivity contribution is -0.169. The number of anilines is 1. The van der Waals surface area contributed by atoms with Crippen LogP contribution in [0.5, 0.6) is 0 Å². The van der Waals surface area contributed by atoms with Gasteiger partial charge in [-0.25, -0.2) is 4.79 Å². The minimum atomic E-state index is -0.345. The molecule has 5 heteroatoms. The lowest BCUT2D eigenvalue weighted by Crippen LogP contribution is -2.45. The maximum atomic E-state index is 11.4. The van der Waals surface area contributed by atoms with E-state index in [9.17, 15) is 4.79 Å². The molecule has 2 aliphatic heterocycles. The molecule has 0 atom stereocenters. The van der Waals surface area contributed by atoms with E-state index in [4.69, 9.17) is 14.2 Å². The van der Waals surface area contributed by atoms with Crippen LogP contribution in [0, 0.1) is 0 Å². The van der Waals surface area contributed by atoms with E-state index in [1.807, 2.05) is 12.1 Å². The second kappa shape index (κ2) is 5.42. The Kier molecular flexibility index (Phi) is 3.63. The molecule has 0 saturated carbocycles. The highest BCUT2D eigenvalue weighted by molar-refractivity contribution is 5.89. The summed E-state index contributed by atoms with van der Waals surface area (Å²) in [5.74, 6) is -0.649. The molecule has 0 bridgehead atoms. The zero-order chi connectivity index (χ0) is 14.0. The Labute approximate surface area is 118 Å². The molecular weight excluding hydrogens is 258 g/mol. The molecule has 0 unspecified atom stereocenters. The zero-order valence-electron chi connectivity index (χ0n) is 11.6. The molecule has 2 heterocycles. The first-order chi connectivity index (χ1) is 9.72. The third kappa shape index (κ3) is 2.51. The van der Waals surface area contributed by atoms with Gasteiger partial charge in [-0.3, -0.25) is 0 Å². The fourth-order valence-corrected chi connectivity index (χ4v) is 2.82. The number of methoxy groups -OCH3 is 1. The summed E-state index contributed by atoms with van der Waals surface area (Å²) < 4.78 is 16.1. The Morgan fingerprint density at radius 3 is 2.30 bits per heavy atom. The number of hydrogen-bond acceptors (Lipinski definition) is 5. The smallest absolute Gasteiger partial charge is 0.337 e. The lowest BCUT2D eigenvalue weighted by atomic mass is 10.0. The fraction of sp³-hybridized carbons (Fsp3) is 0.533. The summed E-state index contributed by atoms with van der Waals surface area (Å²) in [5.41, 5.74) is 1.69. The quantitative estimate of drug-likeness (QED) is 0.772. The standard InChI is InChI=1S/C15H19NO4/c1-18-14(17)12-2-4-13(5-3-12)16-8-6-15(7-9-16)19-10-11-20-15/h2-5H,6-11H2,1H3. The molecule has 3 rings (SSSR count). The molecule has 5 nitrogen and oxygen atoms in total. The number of hydrogen-bond donors (Lipinski definition) is 0. The molecule has 0 aromatic heterocycles. The maximum Gasteiger partial charge on any atom is 0.337 e. The molecular formula is C15H19NO4. The third-order valence-electron chi connectivity index (χ3n) is 3.99. The van der Waals surface area contributed by atoms with Crippen LogP contribution >= 0.6 is 0 Å². The van der Waals surface area contributed by atoms with Crippen molar-refractivity contribution in [3.63, 3.8) is 0 Å². The summed E-state index contributed by atoms with van der Waals surface area (Å²) in [5, 5.41) is 0. The fourth-order valence-electron chi connectivity index (χ4n) is 2.82. The predicted molar refractivity (Wildman–Crippen MR) is 73.9 cm³/mol. The molecule has 1 spiro atoms. The molecule has 0 N–H and O–H groups in total. The number of nitrogens with zero attached hydrogens (tertiary/aromatic N) is 1. The van der Waals surface area contributed by atoms with E-state index < -0.39 is 0 Å². The van der Waals surface area contributed by atoms with Gasteiger partial charge in [-0.05, 0) is 24.3 Å². The Morgan fingerprint density at radius 1 is 1.15 bits per heavy atom. The van der Waals surface area contributed by atoms with Gasteiger partial charge in [-0.2, -0.15) is 0 Å². The van der Waals surface area contributed by atoms with Crippen molar-refractivity contribution in [3.05, 3.63) is 29.8 Å². The van der Waals surface area contributed by atoms with Crippen molar-refractivity contribution in [2.24, 2.45) is 0 Å². The van der Waals surface area contributed by atoms with Gasteiger partial charge < -0.3 is 19.1 Å². The second-order valence-corrected chi connectivity index (χ2v) is 5.13. The Bertz CT molecular complexity index is 469. The van der Waals surface area contributed by atoms with Crippen molar-refractivity contribution in [3.8, 4) is 0 Å². The highest BCUT2D eigenvalue weighted by Gasteiger charge is 2.39. The minimum Gasteiger partial charge on any atom is -0.465 e. The highest BCUT2D eigenvalue weighted by Crippen LogP contribution is 2.33. The number of carbonyl (C=O) groups excluding carboxylic acids is 1. The van der Waals surface area contributed by atoms with E-state index in [0.717, 1.165) is 31.6 Å². The van der Waals surface area contributed by atoms with E-state index in [0.29, 0.717) is 18.8 Å². The van der Waals surface area contributed by atoms with Crippen LogP contribution in [0.25, 0.3) is 0 Å². The molecule has 0 aliphatic carbocycles. The summed E-state index contributed by atoms with van der Waals surface area (Å²) in [6, 6.07) is 7.52. The van der Waals surface area contributed by atoms with Crippen LogP contribution in [-0.4, -0.2) is 45.2 Å². The van der Waals surface area contributed by atoms with Gasteiger partial charge in [0.05, 0.1) is 25.9 Å². The van der Waals surface area contributed by atoms with Gasteiger partial charge in [-0.1, -0.05) is 0 Å². The summed E-state index contributed by atoms with van der Waals surface area (Å²) in [4.78, 5) is 13.7. The molecule has 1 aromatic carbocycles. The van der Waals surface area contributed by atoms with Crippen molar-refractivity contribution >= 4 is 11.7 Å². The topological polar surface area (TPSA) is 48.0 Å². The van der Waals surface area contributed by atoms with E-state index in [-0.39, 0.29) is 11.8 Å². The van der Waals surface area contributed by atoms with Crippen molar-refractivity contribution < 1.29 is 19.0 Å². The van der Waals surface area contributed by atoms with Crippen LogP contribution in [0.2, 0.25) is 0 Å². The monoisotopic (exact) mass is 277 g/mol. The Balaban J connectivity index is 1.64. The van der Waals surface area contributed by atoms with E-state index in [1.54, 1.807) is 12.1 Å². The lowest BCUT2D eigenvalue weighted by Gasteiger charge is -2.38. The first-order valence-electron chi connectivity index (χ1n) is 6.94. The molecule has 0 amide bonds. The number of piperidine rings is 1. The molecule has 2 saturated heterocycles. The number of carbonyl (C=O) groups is 1. The van der Waals surface area contributed by atoms with Crippen LogP contribution in [0.1, 0.15) is 23.2 Å². The average Bonchev–Trinajstić information content (AvgIpc) is 2.96. The SMILES string of the molecule is COC(=O)c1ccc(N2CCC3(CC2)OCCO3)cc1. The van der Waals surface area contributed by atoms with Crippen LogP contribution < -0.4 is 4.90 Å². The van der Waals surface area contributed by atoms with Crippen molar-refractivity contribution in [2.75, 3.05) is 38.3 Å². The van der Waals surface area contributed by atoms with E-state index in [1.165, 1.54) is 7.11 Å². The third-order valence-corrected chi connectivity index (χ3v) is 3.99. The van der Waals surface area contributed by atoms with Gasteiger partial charge in [0.2, 0.25) is 0 Å². The summed E-state index contributed by atoms with van der Waals surface area (Å²) in [6.45, 7) is 3.21. The Morgan fingerprint density at radius 2 is 1.75 bits per heavy atom. The van der Waals surface area contributed by atoms with Crippen molar-refractivity contribution in [2.45, 2.75) is 18.6 Å². The number of ether oxygens (including phenoxy) is 3. The first kappa shape index (κ1) is 13.4. The van der Waals surface area contributed by atoms with Crippen LogP contribution in [-0.2, 0) is 14.2 Å². The van der Waals surface area contributed by atoms with Gasteiger partial charge in [0.1, 0.15) is 0 Å². The second-order valence-electron chi connectivity index (χ2n) is 5.13. The van der Waals surface area contributed by atoms with Crippen molar-refractivity contribution in [1.29, 1.82) is 0 Å². The number of benzene rings is 1. The molecule has 2 fully saturated rings. The van der Waals surface area contributed by atoms with E-state index >= 15 is 0 Å². The minimum absolute atomic E-state index is 0.304. The predicted octanol–water partition coefficient (Wildman–Crippen LogP) is 1.82. The van der Waals surface area contributed by atoms with Gasteiger partial charge >= 0.3 is 5.97 Å². The molecule has 0 radical (unpaired) electrons. The summed E-state index contributed by atoms with van der Waals surface area (Å²) in [7, 11) is 1.39. The van der Waals surface area contributed by atoms with Gasteiger partial charge in [-0.15, -0.1) is 0 Å².